The molecule has 1 fully saturated rings. The maximum absolute atomic E-state index is 5.96. The summed E-state index contributed by atoms with van der Waals surface area (Å²) in [5.41, 5.74) is 3.33. The monoisotopic (exact) mass is 292 g/mol. The highest BCUT2D eigenvalue weighted by atomic mass is 16.7. The van der Waals surface area contributed by atoms with Crippen molar-refractivity contribution < 1.29 is 9.47 Å². The number of hydrogen-bond acceptors (Lipinski definition) is 2. The number of rotatable bonds is 0. The third-order valence-corrected chi connectivity index (χ3v) is 4.61. The molecule has 2 rings (SSSR count). The molecule has 1 spiro atoms. The highest BCUT2D eigenvalue weighted by Gasteiger charge is 2.34. The lowest BCUT2D eigenvalue weighted by atomic mass is 9.99. The molecule has 0 radical (unpaired) electrons. The molecule has 0 aromatic carbocycles. The van der Waals surface area contributed by atoms with Crippen LogP contribution < -0.4 is 0 Å². The van der Waals surface area contributed by atoms with Gasteiger partial charge >= 0.3 is 0 Å². The van der Waals surface area contributed by atoms with Crippen molar-refractivity contribution in [1.82, 2.24) is 0 Å². The summed E-state index contributed by atoms with van der Waals surface area (Å²) in [6.07, 6.45) is 20.6. The summed E-state index contributed by atoms with van der Waals surface area (Å²) in [4.78, 5) is 0. The molecular formula is C19H32O2. The van der Waals surface area contributed by atoms with Crippen molar-refractivity contribution in [3.63, 3.8) is 0 Å². The average Bonchev–Trinajstić information content (AvgIpc) is 2.95. The van der Waals surface area contributed by atoms with Gasteiger partial charge in [0.15, 0.2) is 5.79 Å². The van der Waals surface area contributed by atoms with E-state index in [1.807, 2.05) is 0 Å². The van der Waals surface area contributed by atoms with Crippen LogP contribution in [0.15, 0.2) is 17.9 Å². The van der Waals surface area contributed by atoms with E-state index < -0.39 is 0 Å². The second-order valence-electron chi connectivity index (χ2n) is 6.44. The van der Waals surface area contributed by atoms with Gasteiger partial charge in [-0.25, -0.2) is 0 Å². The minimum atomic E-state index is -0.227. The number of ether oxygens (including phenoxy) is 2. The Morgan fingerprint density at radius 1 is 0.619 bits per heavy atom. The van der Waals surface area contributed by atoms with Crippen molar-refractivity contribution in [2.75, 3.05) is 13.2 Å². The summed E-state index contributed by atoms with van der Waals surface area (Å²) in [6.45, 7) is 1.58. The predicted octanol–water partition coefficient (Wildman–Crippen LogP) is 5.53. The van der Waals surface area contributed by atoms with Gasteiger partial charge in [0.1, 0.15) is 0 Å². The van der Waals surface area contributed by atoms with E-state index in [0.29, 0.717) is 0 Å². The molecule has 0 N–H and O–H groups in total. The third-order valence-electron chi connectivity index (χ3n) is 4.61. The van der Waals surface area contributed by atoms with Crippen molar-refractivity contribution in [3.8, 4) is 0 Å². The first kappa shape index (κ1) is 16.8. The first-order valence-corrected chi connectivity index (χ1v) is 9.09. The minimum Gasteiger partial charge on any atom is -0.348 e. The summed E-state index contributed by atoms with van der Waals surface area (Å²) < 4.78 is 11.9. The highest BCUT2D eigenvalue weighted by Crippen LogP contribution is 2.32. The molecule has 2 aliphatic rings. The molecule has 0 aromatic rings. The number of allylic oxidation sites excluding steroid dienone is 1. The molecule has 0 unspecified atom stereocenters. The summed E-state index contributed by atoms with van der Waals surface area (Å²) in [6, 6.07) is 0. The zero-order chi connectivity index (χ0) is 14.6. The lowest BCUT2D eigenvalue weighted by molar-refractivity contribution is -0.168. The topological polar surface area (TPSA) is 18.5 Å². The van der Waals surface area contributed by atoms with Crippen LogP contribution in [0.5, 0.6) is 0 Å². The van der Waals surface area contributed by atoms with Gasteiger partial charge in [0, 0.05) is 12.8 Å². The van der Waals surface area contributed by atoms with Crippen LogP contribution in [0.3, 0.4) is 0 Å². The van der Waals surface area contributed by atoms with Crippen molar-refractivity contribution >= 4 is 0 Å². The highest BCUT2D eigenvalue weighted by molar-refractivity contribution is 4.84. The van der Waals surface area contributed by atoms with Gasteiger partial charge < -0.3 is 9.47 Å². The molecule has 0 atom stereocenters. The van der Waals surface area contributed by atoms with Crippen molar-refractivity contribution in [3.05, 3.63) is 17.9 Å². The van der Waals surface area contributed by atoms with Crippen LogP contribution in [0.25, 0.3) is 0 Å². The Balaban J connectivity index is 1.77. The Morgan fingerprint density at radius 3 is 1.67 bits per heavy atom. The van der Waals surface area contributed by atoms with Gasteiger partial charge in [-0.1, -0.05) is 32.1 Å². The maximum Gasteiger partial charge on any atom is 0.168 e. The molecule has 1 aliphatic carbocycles. The summed E-state index contributed by atoms with van der Waals surface area (Å²) >= 11 is 0. The van der Waals surface area contributed by atoms with Gasteiger partial charge in [0.2, 0.25) is 0 Å². The van der Waals surface area contributed by atoms with Crippen LogP contribution in [-0.4, -0.2) is 19.0 Å². The Hall–Kier alpha value is -0.560. The SMILES string of the molecule is C1=CCCCCCCCC2(CCCCCCC=1)OCCO2. The van der Waals surface area contributed by atoms with Crippen LogP contribution in [0.2, 0.25) is 0 Å². The van der Waals surface area contributed by atoms with Gasteiger partial charge in [-0.3, -0.25) is 0 Å². The van der Waals surface area contributed by atoms with Crippen LogP contribution in [0, 0.1) is 0 Å². The predicted molar refractivity (Wildman–Crippen MR) is 87.3 cm³/mol. The molecule has 120 valence electrons. The fourth-order valence-electron chi connectivity index (χ4n) is 3.33. The largest absolute Gasteiger partial charge is 0.348 e. The van der Waals surface area contributed by atoms with Crippen LogP contribution >= 0.6 is 0 Å². The molecule has 1 aliphatic heterocycles. The standard InChI is InChI=1S/C19H32O2/c1-2-4-6-8-10-12-14-16-19(20-17-18-21-19)15-13-11-9-7-5-3-1/h1,4H,3,5-18H2. The maximum atomic E-state index is 5.96. The zero-order valence-electron chi connectivity index (χ0n) is 13.6. The molecule has 0 bridgehead atoms. The van der Waals surface area contributed by atoms with E-state index in [-0.39, 0.29) is 5.79 Å². The Bertz CT molecular complexity index is 322. The van der Waals surface area contributed by atoms with Crippen molar-refractivity contribution in [2.45, 2.75) is 89.3 Å². The summed E-state index contributed by atoms with van der Waals surface area (Å²) in [7, 11) is 0. The first-order valence-electron chi connectivity index (χ1n) is 9.09. The van der Waals surface area contributed by atoms with E-state index in [4.69, 9.17) is 9.47 Å². The minimum absolute atomic E-state index is 0.227. The second-order valence-corrected chi connectivity index (χ2v) is 6.44. The quantitative estimate of drug-likeness (QED) is 0.547. The molecule has 21 heavy (non-hydrogen) atoms. The molecule has 1 heterocycles. The van der Waals surface area contributed by atoms with Gasteiger partial charge in [-0.15, -0.1) is 5.73 Å². The molecule has 0 amide bonds. The van der Waals surface area contributed by atoms with E-state index in [1.54, 1.807) is 0 Å². The van der Waals surface area contributed by atoms with Crippen LogP contribution in [-0.2, 0) is 9.47 Å². The summed E-state index contributed by atoms with van der Waals surface area (Å²) in [5.74, 6) is -0.227. The zero-order valence-corrected chi connectivity index (χ0v) is 13.6. The van der Waals surface area contributed by atoms with Crippen LogP contribution in [0.1, 0.15) is 83.5 Å². The lowest BCUT2D eigenvalue weighted by Gasteiger charge is -2.27. The van der Waals surface area contributed by atoms with Crippen LogP contribution in [0.4, 0.5) is 0 Å². The molecule has 2 nitrogen and oxygen atoms in total. The van der Waals surface area contributed by atoms with Crippen molar-refractivity contribution in [1.29, 1.82) is 0 Å². The number of hydrogen-bond donors (Lipinski definition) is 0. The normalized spacial score (nSPS) is 25.9. The van der Waals surface area contributed by atoms with Crippen molar-refractivity contribution in [2.24, 2.45) is 0 Å². The van der Waals surface area contributed by atoms with Gasteiger partial charge in [-0.2, -0.15) is 0 Å². The van der Waals surface area contributed by atoms with E-state index in [1.165, 1.54) is 70.6 Å². The summed E-state index contributed by atoms with van der Waals surface area (Å²) in [5, 5.41) is 0. The van der Waals surface area contributed by atoms with E-state index >= 15 is 0 Å². The lowest BCUT2D eigenvalue weighted by Crippen LogP contribution is -2.30. The molecule has 0 saturated carbocycles. The first-order chi connectivity index (χ1) is 10.4. The molecule has 2 heteroatoms. The average molecular weight is 292 g/mol. The fourth-order valence-corrected chi connectivity index (χ4v) is 3.33. The smallest absolute Gasteiger partial charge is 0.168 e. The molecular weight excluding hydrogens is 260 g/mol. The second kappa shape index (κ2) is 10.2. The fraction of sp³-hybridized carbons (Fsp3) is 0.842. The Morgan fingerprint density at radius 2 is 1.10 bits per heavy atom. The Kier molecular flexibility index (Phi) is 8.17. The van der Waals surface area contributed by atoms with E-state index in [2.05, 4.69) is 17.9 Å². The Labute approximate surface area is 130 Å². The third kappa shape index (κ3) is 6.82. The van der Waals surface area contributed by atoms with E-state index in [9.17, 15) is 0 Å². The van der Waals surface area contributed by atoms with E-state index in [0.717, 1.165) is 26.1 Å². The van der Waals surface area contributed by atoms with Gasteiger partial charge in [0.05, 0.1) is 13.2 Å². The molecule has 1 saturated heterocycles. The van der Waals surface area contributed by atoms with Gasteiger partial charge in [-0.05, 0) is 50.7 Å². The van der Waals surface area contributed by atoms with Gasteiger partial charge in [0.25, 0.3) is 0 Å². The molecule has 0 aromatic heterocycles.